The standard InChI is InChI=1S/C33H37ClF2N2O6S/c1-45-33-30(41)28(39)29(40)31(44-33)18-4-8-25(34)19(11-18)10-17-2-6-22(7-3-17)43-23-14-38(15-23)21-13-27(37)32(42-16-21)24-12-20(35)5-9-26(24)36/h2-9,11-12,21,23,27-33,39-41H,10,13-16,37H2,1H3/t21?,27?,28-,29-,30+,31+,32?,33-/m1/s1. The van der Waals surface area contributed by atoms with E-state index in [0.717, 1.165) is 35.1 Å². The van der Waals surface area contributed by atoms with Crippen molar-refractivity contribution < 1.29 is 38.3 Å². The number of aliphatic hydroxyl groups is 3. The van der Waals surface area contributed by atoms with Gasteiger partial charge in [0, 0.05) is 35.8 Å². The number of hydrogen-bond acceptors (Lipinski definition) is 9. The van der Waals surface area contributed by atoms with Crippen LogP contribution in [0.3, 0.4) is 0 Å². The van der Waals surface area contributed by atoms with Crippen molar-refractivity contribution in [3.63, 3.8) is 0 Å². The molecule has 242 valence electrons. The van der Waals surface area contributed by atoms with Gasteiger partial charge in [-0.2, -0.15) is 0 Å². The molecule has 3 aliphatic heterocycles. The molecule has 0 bridgehead atoms. The largest absolute Gasteiger partial charge is 0.488 e. The molecule has 3 aromatic carbocycles. The lowest BCUT2D eigenvalue weighted by Crippen LogP contribution is -2.61. The summed E-state index contributed by atoms with van der Waals surface area (Å²) in [7, 11) is 0. The minimum absolute atomic E-state index is 0.0116. The zero-order valence-electron chi connectivity index (χ0n) is 24.6. The van der Waals surface area contributed by atoms with E-state index < -0.39 is 53.6 Å². The van der Waals surface area contributed by atoms with E-state index >= 15 is 0 Å². The van der Waals surface area contributed by atoms with Gasteiger partial charge < -0.3 is 35.3 Å². The fourth-order valence-corrected chi connectivity index (χ4v) is 7.17. The number of hydrogen-bond donors (Lipinski definition) is 4. The Hall–Kier alpha value is -2.32. The van der Waals surface area contributed by atoms with Gasteiger partial charge in [0.25, 0.3) is 0 Å². The Morgan fingerprint density at radius 1 is 0.978 bits per heavy atom. The molecule has 12 heteroatoms. The molecule has 6 rings (SSSR count). The number of halogens is 3. The lowest BCUT2D eigenvalue weighted by atomic mass is 9.92. The minimum Gasteiger partial charge on any atom is -0.488 e. The first-order chi connectivity index (χ1) is 21.6. The summed E-state index contributed by atoms with van der Waals surface area (Å²) in [6.07, 6.45) is -2.34. The molecule has 0 radical (unpaired) electrons. The summed E-state index contributed by atoms with van der Waals surface area (Å²) in [5.41, 5.74) is 8.34. The molecule has 5 N–H and O–H groups in total. The maximum atomic E-state index is 14.3. The first-order valence-corrected chi connectivity index (χ1v) is 16.6. The predicted molar refractivity (Wildman–Crippen MR) is 167 cm³/mol. The van der Waals surface area contributed by atoms with E-state index in [4.69, 9.17) is 31.5 Å². The fourth-order valence-electron chi connectivity index (χ4n) is 6.32. The highest BCUT2D eigenvalue weighted by Crippen LogP contribution is 2.37. The van der Waals surface area contributed by atoms with Crippen LogP contribution in [0.1, 0.15) is 40.9 Å². The molecule has 3 unspecified atom stereocenters. The van der Waals surface area contributed by atoms with E-state index in [0.29, 0.717) is 43.1 Å². The average Bonchev–Trinajstić information content (AvgIpc) is 3.01. The number of nitrogens with two attached hydrogens (primary N) is 1. The first kappa shape index (κ1) is 32.6. The molecular weight excluding hydrogens is 626 g/mol. The third-order valence-corrected chi connectivity index (χ3v) is 10.1. The first-order valence-electron chi connectivity index (χ1n) is 14.9. The molecule has 8 nitrogen and oxygen atoms in total. The highest BCUT2D eigenvalue weighted by atomic mass is 35.5. The van der Waals surface area contributed by atoms with Gasteiger partial charge in [-0.25, -0.2) is 8.78 Å². The van der Waals surface area contributed by atoms with Crippen molar-refractivity contribution in [3.05, 3.63) is 99.6 Å². The number of benzene rings is 3. The van der Waals surface area contributed by atoms with Crippen LogP contribution in [-0.2, 0) is 15.9 Å². The van der Waals surface area contributed by atoms with E-state index in [1.807, 2.05) is 30.3 Å². The van der Waals surface area contributed by atoms with Gasteiger partial charge in [0.2, 0.25) is 0 Å². The molecule has 3 aliphatic rings. The van der Waals surface area contributed by atoms with Gasteiger partial charge in [-0.3, -0.25) is 4.90 Å². The Morgan fingerprint density at radius 3 is 2.44 bits per heavy atom. The Morgan fingerprint density at radius 2 is 1.73 bits per heavy atom. The highest BCUT2D eigenvalue weighted by molar-refractivity contribution is 7.99. The van der Waals surface area contributed by atoms with Gasteiger partial charge >= 0.3 is 0 Å². The topological polar surface area (TPSA) is 118 Å². The van der Waals surface area contributed by atoms with Crippen LogP contribution in [0.25, 0.3) is 0 Å². The third-order valence-electron chi connectivity index (χ3n) is 8.88. The smallest absolute Gasteiger partial charge is 0.132 e. The van der Waals surface area contributed by atoms with Crippen molar-refractivity contribution in [3.8, 4) is 5.75 Å². The number of nitrogens with zero attached hydrogens (tertiary/aromatic N) is 1. The minimum atomic E-state index is -1.32. The molecule has 3 fully saturated rings. The van der Waals surface area contributed by atoms with E-state index in [1.165, 1.54) is 11.8 Å². The average molecular weight is 663 g/mol. The molecule has 0 amide bonds. The molecule has 0 saturated carbocycles. The number of rotatable bonds is 8. The summed E-state index contributed by atoms with van der Waals surface area (Å²) in [4.78, 5) is 2.24. The SMILES string of the molecule is CS[C@H]1O[C@@H](c2ccc(Cl)c(Cc3ccc(OC4CN(C5COC(c6cc(F)ccc6F)C(N)C5)C4)cc3)c2)[C@H](O)[C@@H](O)[C@@H]1O. The maximum Gasteiger partial charge on any atom is 0.132 e. The second-order valence-corrected chi connectivity index (χ2v) is 13.3. The molecule has 0 aromatic heterocycles. The zero-order valence-corrected chi connectivity index (χ0v) is 26.2. The number of thioether (sulfide) groups is 1. The fraction of sp³-hybridized carbons (Fsp3) is 0.455. The van der Waals surface area contributed by atoms with Crippen LogP contribution in [0.15, 0.2) is 60.7 Å². The summed E-state index contributed by atoms with van der Waals surface area (Å²) < 4.78 is 45.9. The summed E-state index contributed by atoms with van der Waals surface area (Å²) in [6, 6.07) is 16.1. The van der Waals surface area contributed by atoms with Crippen molar-refractivity contribution in [2.45, 2.75) is 67.0 Å². The van der Waals surface area contributed by atoms with Crippen LogP contribution in [0.4, 0.5) is 8.78 Å². The maximum absolute atomic E-state index is 14.3. The van der Waals surface area contributed by atoms with E-state index in [9.17, 15) is 24.1 Å². The lowest BCUT2D eigenvalue weighted by Gasteiger charge is -2.47. The lowest BCUT2D eigenvalue weighted by molar-refractivity contribution is -0.200. The Bertz CT molecular complexity index is 1480. The van der Waals surface area contributed by atoms with Gasteiger partial charge in [0.1, 0.15) is 59.4 Å². The van der Waals surface area contributed by atoms with Gasteiger partial charge in [-0.1, -0.05) is 35.9 Å². The Labute approximate surface area is 270 Å². The molecule has 3 aromatic rings. The summed E-state index contributed by atoms with van der Waals surface area (Å²) >= 11 is 7.79. The number of ether oxygens (including phenoxy) is 3. The van der Waals surface area contributed by atoms with Crippen LogP contribution >= 0.6 is 23.4 Å². The number of likely N-dealkylation sites (tertiary alicyclic amines) is 1. The quantitative estimate of drug-likeness (QED) is 0.284. The molecule has 3 heterocycles. The molecular formula is C33H37ClF2N2O6S. The van der Waals surface area contributed by atoms with Crippen LogP contribution in [0, 0.1) is 11.6 Å². The summed E-state index contributed by atoms with van der Waals surface area (Å²) in [6.45, 7) is 1.80. The van der Waals surface area contributed by atoms with Gasteiger partial charge in [0.15, 0.2) is 0 Å². The zero-order chi connectivity index (χ0) is 31.8. The Kier molecular flexibility index (Phi) is 10.0. The molecule has 3 saturated heterocycles. The summed E-state index contributed by atoms with van der Waals surface area (Å²) in [5, 5.41) is 31.7. The van der Waals surface area contributed by atoms with Crippen LogP contribution in [0.5, 0.6) is 5.75 Å². The van der Waals surface area contributed by atoms with Crippen LogP contribution < -0.4 is 10.5 Å². The summed E-state index contributed by atoms with van der Waals surface area (Å²) in [5.74, 6) is -0.288. The molecule has 0 spiro atoms. The molecule has 8 atom stereocenters. The number of aliphatic hydroxyl groups excluding tert-OH is 3. The van der Waals surface area contributed by atoms with Gasteiger partial charge in [-0.05, 0) is 72.2 Å². The highest BCUT2D eigenvalue weighted by Gasteiger charge is 2.44. The monoisotopic (exact) mass is 662 g/mol. The molecule has 0 aliphatic carbocycles. The van der Waals surface area contributed by atoms with Gasteiger partial charge in [-0.15, -0.1) is 11.8 Å². The van der Waals surface area contributed by atoms with Crippen LogP contribution in [-0.4, -0.2) is 88.1 Å². The second-order valence-electron chi connectivity index (χ2n) is 12.0. The van der Waals surface area contributed by atoms with Crippen molar-refractivity contribution >= 4 is 23.4 Å². The van der Waals surface area contributed by atoms with E-state index in [1.54, 1.807) is 18.4 Å². The van der Waals surface area contributed by atoms with Crippen LogP contribution in [0.2, 0.25) is 5.02 Å². The van der Waals surface area contributed by atoms with Crippen molar-refractivity contribution in [2.75, 3.05) is 26.0 Å². The third kappa shape index (κ3) is 7.02. The van der Waals surface area contributed by atoms with E-state index in [-0.39, 0.29) is 17.7 Å². The van der Waals surface area contributed by atoms with Crippen molar-refractivity contribution in [1.29, 1.82) is 0 Å². The van der Waals surface area contributed by atoms with Crippen molar-refractivity contribution in [2.24, 2.45) is 5.73 Å². The second kappa shape index (κ2) is 13.8. The molecule has 45 heavy (non-hydrogen) atoms. The van der Waals surface area contributed by atoms with E-state index in [2.05, 4.69) is 4.90 Å². The normalized spacial score (nSPS) is 31.0. The predicted octanol–water partition coefficient (Wildman–Crippen LogP) is 3.97. The van der Waals surface area contributed by atoms with Gasteiger partial charge in [0.05, 0.1) is 6.61 Å². The van der Waals surface area contributed by atoms with Crippen molar-refractivity contribution in [1.82, 2.24) is 4.90 Å². The Balaban J connectivity index is 1.01.